The van der Waals surface area contributed by atoms with Gasteiger partial charge in [0.05, 0.1) is 11.6 Å². The van der Waals surface area contributed by atoms with E-state index >= 15 is 0 Å². The van der Waals surface area contributed by atoms with E-state index in [2.05, 4.69) is 11.2 Å². The first-order valence-electron chi connectivity index (χ1n) is 7.02. The molecule has 2 aliphatic rings. The van der Waals surface area contributed by atoms with E-state index in [0.29, 0.717) is 29.9 Å². The number of Topliss-reactive ketones (excluding diaryl/α,β-unsaturated/α-hetero) is 1. The molecule has 1 aliphatic carbocycles. The van der Waals surface area contributed by atoms with E-state index in [1.165, 1.54) is 0 Å². The highest BCUT2D eigenvalue weighted by Crippen LogP contribution is 2.42. The van der Waals surface area contributed by atoms with Crippen molar-refractivity contribution in [2.75, 3.05) is 0 Å². The first-order chi connectivity index (χ1) is 10.2. The lowest BCUT2D eigenvalue weighted by Crippen LogP contribution is -2.27. The molecule has 0 fully saturated rings. The number of hydrogen-bond donors (Lipinski definition) is 1. The van der Waals surface area contributed by atoms with Gasteiger partial charge in [-0.15, -0.1) is 0 Å². The third kappa shape index (κ3) is 2.11. The van der Waals surface area contributed by atoms with Crippen molar-refractivity contribution in [3.8, 4) is 6.07 Å². The SMILES string of the molecule is CCn1ccc(C2C(C#N)=C(N)OC3=C2C(=O)CCC3)n1. The van der Waals surface area contributed by atoms with Gasteiger partial charge in [0.2, 0.25) is 5.88 Å². The Hall–Kier alpha value is -2.55. The second kappa shape index (κ2) is 5.09. The van der Waals surface area contributed by atoms with Crippen molar-refractivity contribution < 1.29 is 9.53 Å². The summed E-state index contributed by atoms with van der Waals surface area (Å²) in [5.74, 6) is 0.202. The van der Waals surface area contributed by atoms with Gasteiger partial charge in [0.15, 0.2) is 5.78 Å². The summed E-state index contributed by atoms with van der Waals surface area (Å²) in [6.45, 7) is 2.71. The first-order valence-corrected chi connectivity index (χ1v) is 7.02. The molecular weight excluding hydrogens is 268 g/mol. The lowest BCUT2D eigenvalue weighted by molar-refractivity contribution is -0.116. The summed E-state index contributed by atoms with van der Waals surface area (Å²) in [5, 5.41) is 13.8. The number of nitrogens with two attached hydrogens (primary N) is 1. The second-order valence-corrected chi connectivity index (χ2v) is 5.13. The van der Waals surface area contributed by atoms with Crippen LogP contribution >= 0.6 is 0 Å². The maximum absolute atomic E-state index is 12.3. The minimum Gasteiger partial charge on any atom is -0.444 e. The Morgan fingerprint density at radius 3 is 3.05 bits per heavy atom. The molecule has 21 heavy (non-hydrogen) atoms. The zero-order valence-corrected chi connectivity index (χ0v) is 11.8. The molecule has 1 aromatic heterocycles. The van der Waals surface area contributed by atoms with Crippen LogP contribution in [0.3, 0.4) is 0 Å². The number of ether oxygens (including phenoxy) is 1. The minimum absolute atomic E-state index is 0.0209. The number of carbonyl (C=O) groups excluding carboxylic acids is 1. The van der Waals surface area contributed by atoms with Crippen LogP contribution in [0, 0.1) is 11.3 Å². The lowest BCUT2D eigenvalue weighted by atomic mass is 9.80. The summed E-state index contributed by atoms with van der Waals surface area (Å²) in [6.07, 6.45) is 3.74. The second-order valence-electron chi connectivity index (χ2n) is 5.13. The monoisotopic (exact) mass is 284 g/mol. The standard InChI is InChI=1S/C15H16N4O2/c1-2-19-7-6-10(18-19)13-9(8-16)15(17)21-12-5-3-4-11(20)14(12)13/h6-7,13H,2-5,17H2,1H3. The van der Waals surface area contributed by atoms with E-state index in [9.17, 15) is 10.1 Å². The van der Waals surface area contributed by atoms with Gasteiger partial charge in [-0.05, 0) is 19.4 Å². The Labute approximate surface area is 122 Å². The van der Waals surface area contributed by atoms with Gasteiger partial charge in [-0.25, -0.2) is 0 Å². The predicted molar refractivity (Wildman–Crippen MR) is 74.4 cm³/mol. The van der Waals surface area contributed by atoms with E-state index in [4.69, 9.17) is 10.5 Å². The number of hydrogen-bond acceptors (Lipinski definition) is 5. The summed E-state index contributed by atoms with van der Waals surface area (Å²) in [7, 11) is 0. The quantitative estimate of drug-likeness (QED) is 0.892. The van der Waals surface area contributed by atoms with E-state index in [-0.39, 0.29) is 17.2 Å². The number of carbonyl (C=O) groups is 1. The average Bonchev–Trinajstić information content (AvgIpc) is 2.94. The lowest BCUT2D eigenvalue weighted by Gasteiger charge is -2.29. The Kier molecular flexibility index (Phi) is 3.26. The van der Waals surface area contributed by atoms with E-state index in [1.807, 2.05) is 19.2 Å². The molecule has 0 saturated heterocycles. The first kappa shape index (κ1) is 13.4. The number of aryl methyl sites for hydroxylation is 1. The largest absolute Gasteiger partial charge is 0.444 e. The van der Waals surface area contributed by atoms with Gasteiger partial charge < -0.3 is 10.5 Å². The molecule has 6 heteroatoms. The van der Waals surface area contributed by atoms with Crippen molar-refractivity contribution in [1.82, 2.24) is 9.78 Å². The maximum Gasteiger partial charge on any atom is 0.205 e. The van der Waals surface area contributed by atoms with E-state index in [0.717, 1.165) is 13.0 Å². The molecule has 0 radical (unpaired) electrons. The Balaban J connectivity index is 2.14. The fraction of sp³-hybridized carbons (Fsp3) is 0.400. The van der Waals surface area contributed by atoms with E-state index < -0.39 is 5.92 Å². The summed E-state index contributed by atoms with van der Waals surface area (Å²) < 4.78 is 7.28. The number of allylic oxidation sites excluding steroid dienone is 3. The molecule has 0 spiro atoms. The van der Waals surface area contributed by atoms with Crippen LogP contribution in [0.25, 0.3) is 0 Å². The molecule has 2 heterocycles. The highest BCUT2D eigenvalue weighted by atomic mass is 16.5. The molecule has 3 rings (SSSR count). The Bertz CT molecular complexity index is 706. The molecule has 1 aromatic rings. The summed E-state index contributed by atoms with van der Waals surface area (Å²) in [6, 6.07) is 3.91. The van der Waals surface area contributed by atoms with Gasteiger partial charge in [0, 0.05) is 31.2 Å². The number of nitriles is 1. The van der Waals surface area contributed by atoms with Gasteiger partial charge in [-0.2, -0.15) is 10.4 Å². The van der Waals surface area contributed by atoms with Crippen LogP contribution in [0.2, 0.25) is 0 Å². The third-order valence-electron chi connectivity index (χ3n) is 3.89. The fourth-order valence-corrected chi connectivity index (χ4v) is 2.86. The molecule has 1 unspecified atom stereocenters. The van der Waals surface area contributed by atoms with Crippen molar-refractivity contribution in [3.05, 3.63) is 40.7 Å². The van der Waals surface area contributed by atoms with Crippen LogP contribution < -0.4 is 5.73 Å². The highest BCUT2D eigenvalue weighted by Gasteiger charge is 2.39. The third-order valence-corrected chi connectivity index (χ3v) is 3.89. The average molecular weight is 284 g/mol. The van der Waals surface area contributed by atoms with Gasteiger partial charge in [-0.1, -0.05) is 0 Å². The normalized spacial score (nSPS) is 21.9. The van der Waals surface area contributed by atoms with Crippen LogP contribution in [0.5, 0.6) is 0 Å². The summed E-state index contributed by atoms with van der Waals surface area (Å²) in [5.41, 5.74) is 7.35. The number of aromatic nitrogens is 2. The van der Waals surface area contributed by atoms with Gasteiger partial charge in [0.25, 0.3) is 0 Å². The molecule has 1 atom stereocenters. The highest BCUT2D eigenvalue weighted by molar-refractivity contribution is 5.99. The fourth-order valence-electron chi connectivity index (χ4n) is 2.86. The van der Waals surface area contributed by atoms with Crippen molar-refractivity contribution in [1.29, 1.82) is 5.26 Å². The number of nitrogens with zero attached hydrogens (tertiary/aromatic N) is 3. The van der Waals surface area contributed by atoms with Gasteiger partial charge in [0.1, 0.15) is 17.4 Å². The van der Waals surface area contributed by atoms with Crippen LogP contribution in [0.4, 0.5) is 0 Å². The maximum atomic E-state index is 12.3. The molecule has 2 N–H and O–H groups in total. The molecule has 0 amide bonds. The smallest absolute Gasteiger partial charge is 0.205 e. The van der Waals surface area contributed by atoms with E-state index in [1.54, 1.807) is 4.68 Å². The van der Waals surface area contributed by atoms with Crippen LogP contribution in [0.1, 0.15) is 37.8 Å². The van der Waals surface area contributed by atoms with Crippen molar-refractivity contribution in [3.63, 3.8) is 0 Å². The zero-order chi connectivity index (χ0) is 15.0. The number of rotatable bonds is 2. The van der Waals surface area contributed by atoms with Crippen LogP contribution in [-0.4, -0.2) is 15.6 Å². The molecule has 108 valence electrons. The molecule has 0 aromatic carbocycles. The molecule has 6 nitrogen and oxygen atoms in total. The number of ketones is 1. The van der Waals surface area contributed by atoms with Crippen molar-refractivity contribution >= 4 is 5.78 Å². The Morgan fingerprint density at radius 1 is 1.57 bits per heavy atom. The zero-order valence-electron chi connectivity index (χ0n) is 11.8. The molecule has 1 aliphatic heterocycles. The topological polar surface area (TPSA) is 93.9 Å². The summed E-state index contributed by atoms with van der Waals surface area (Å²) in [4.78, 5) is 12.3. The van der Waals surface area contributed by atoms with Crippen molar-refractivity contribution in [2.24, 2.45) is 5.73 Å². The van der Waals surface area contributed by atoms with Crippen LogP contribution in [0.15, 0.2) is 35.1 Å². The molecular formula is C15H16N4O2. The summed E-state index contributed by atoms with van der Waals surface area (Å²) >= 11 is 0. The van der Waals surface area contributed by atoms with Gasteiger partial charge >= 0.3 is 0 Å². The minimum atomic E-state index is -0.501. The molecule has 0 bridgehead atoms. The predicted octanol–water partition coefficient (Wildman–Crippen LogP) is 1.72. The Morgan fingerprint density at radius 2 is 2.38 bits per heavy atom. The molecule has 0 saturated carbocycles. The van der Waals surface area contributed by atoms with Gasteiger partial charge in [-0.3, -0.25) is 9.48 Å². The van der Waals surface area contributed by atoms with Crippen molar-refractivity contribution in [2.45, 2.75) is 38.6 Å². The van der Waals surface area contributed by atoms with Crippen LogP contribution in [-0.2, 0) is 16.1 Å².